The van der Waals surface area contributed by atoms with Crippen molar-refractivity contribution in [3.63, 3.8) is 0 Å². The van der Waals surface area contributed by atoms with E-state index in [0.29, 0.717) is 13.1 Å². The summed E-state index contributed by atoms with van der Waals surface area (Å²) >= 11 is 7.08. The van der Waals surface area contributed by atoms with Crippen molar-refractivity contribution in [1.29, 1.82) is 0 Å². The van der Waals surface area contributed by atoms with Crippen molar-refractivity contribution in [3.05, 3.63) is 50.8 Å². The lowest BCUT2D eigenvalue weighted by Crippen LogP contribution is -2.51. The van der Waals surface area contributed by atoms with Crippen LogP contribution in [0.1, 0.15) is 22.0 Å². The quantitative estimate of drug-likeness (QED) is 0.631. The molecule has 3 aromatic heterocycles. The van der Waals surface area contributed by atoms with E-state index in [0.717, 1.165) is 63.5 Å². The molecule has 0 aromatic carbocycles. The molecule has 0 atom stereocenters. The fourth-order valence-corrected chi connectivity index (χ4v) is 4.69. The first kappa shape index (κ1) is 19.1. The lowest BCUT2D eigenvalue weighted by Gasteiger charge is -2.35. The molecule has 4 rings (SSSR count). The number of nitrogens with one attached hydrogen (secondary N) is 2. The molecule has 0 amide bonds. The van der Waals surface area contributed by atoms with Crippen molar-refractivity contribution in [1.82, 2.24) is 25.1 Å². The zero-order valence-corrected chi connectivity index (χ0v) is 17.6. The minimum atomic E-state index is -0.0382. The van der Waals surface area contributed by atoms with Gasteiger partial charge in [-0.05, 0) is 43.8 Å². The van der Waals surface area contributed by atoms with Gasteiger partial charge < -0.3 is 19.6 Å². The van der Waals surface area contributed by atoms with Crippen molar-refractivity contribution < 1.29 is 4.42 Å². The SMILES string of the molecule is Cc1sc2nc(CN3CCN(C(=S)NCc4ccco4)CC3)[nH]c(=O)c2c1C. The van der Waals surface area contributed by atoms with E-state index in [9.17, 15) is 4.79 Å². The predicted molar refractivity (Wildman–Crippen MR) is 115 cm³/mol. The number of aromatic amines is 1. The van der Waals surface area contributed by atoms with E-state index in [2.05, 4.69) is 25.1 Å². The number of aryl methyl sites for hydroxylation is 2. The second kappa shape index (κ2) is 8.02. The Labute approximate surface area is 172 Å². The van der Waals surface area contributed by atoms with Gasteiger partial charge >= 0.3 is 0 Å². The number of nitrogens with zero attached hydrogens (tertiary/aromatic N) is 3. The molecule has 4 heterocycles. The van der Waals surface area contributed by atoms with E-state index in [1.165, 1.54) is 0 Å². The van der Waals surface area contributed by atoms with Gasteiger partial charge in [0.2, 0.25) is 0 Å². The van der Waals surface area contributed by atoms with Gasteiger partial charge in [0, 0.05) is 31.1 Å². The Morgan fingerprint density at radius 1 is 1.36 bits per heavy atom. The van der Waals surface area contributed by atoms with Gasteiger partial charge in [-0.1, -0.05) is 0 Å². The number of fused-ring (bicyclic) bond motifs is 1. The number of furan rings is 1. The number of aromatic nitrogens is 2. The summed E-state index contributed by atoms with van der Waals surface area (Å²) in [5.41, 5.74) is 0.994. The minimum absolute atomic E-state index is 0.0382. The van der Waals surface area contributed by atoms with Gasteiger partial charge in [-0.2, -0.15) is 0 Å². The van der Waals surface area contributed by atoms with Crippen LogP contribution < -0.4 is 10.9 Å². The highest BCUT2D eigenvalue weighted by Gasteiger charge is 2.20. The fourth-order valence-electron chi connectivity index (χ4n) is 3.38. The molecule has 1 saturated heterocycles. The Morgan fingerprint density at radius 2 is 2.14 bits per heavy atom. The topological polar surface area (TPSA) is 77.4 Å². The van der Waals surface area contributed by atoms with E-state index >= 15 is 0 Å². The summed E-state index contributed by atoms with van der Waals surface area (Å²) in [6, 6.07) is 3.79. The summed E-state index contributed by atoms with van der Waals surface area (Å²) in [4.78, 5) is 26.5. The van der Waals surface area contributed by atoms with Crippen LogP contribution in [0.5, 0.6) is 0 Å². The molecule has 9 heteroatoms. The Morgan fingerprint density at radius 3 is 2.86 bits per heavy atom. The fraction of sp³-hybridized carbons (Fsp3) is 0.421. The third-order valence-electron chi connectivity index (χ3n) is 5.11. The normalized spacial score (nSPS) is 15.3. The molecule has 1 aliphatic rings. The van der Waals surface area contributed by atoms with Gasteiger partial charge in [0.25, 0.3) is 5.56 Å². The lowest BCUT2D eigenvalue weighted by atomic mass is 10.2. The van der Waals surface area contributed by atoms with Crippen molar-refractivity contribution in [2.45, 2.75) is 26.9 Å². The van der Waals surface area contributed by atoms with Crippen LogP contribution in [0.2, 0.25) is 0 Å². The number of thiophene rings is 1. The highest BCUT2D eigenvalue weighted by molar-refractivity contribution is 7.80. The molecule has 1 fully saturated rings. The van der Waals surface area contributed by atoms with E-state index in [1.54, 1.807) is 17.6 Å². The van der Waals surface area contributed by atoms with Crippen molar-refractivity contribution in [3.8, 4) is 0 Å². The molecule has 28 heavy (non-hydrogen) atoms. The number of piperazine rings is 1. The smallest absolute Gasteiger partial charge is 0.259 e. The van der Waals surface area contributed by atoms with Crippen LogP contribution in [0.15, 0.2) is 27.6 Å². The molecule has 7 nitrogen and oxygen atoms in total. The standard InChI is InChI=1S/C19H23N5O2S2/c1-12-13(2)28-18-16(12)17(25)21-15(22-18)11-23-5-7-24(8-6-23)19(27)20-10-14-4-3-9-26-14/h3-4,9H,5-8,10-11H2,1-2H3,(H,20,27)(H,21,22,25). The van der Waals surface area contributed by atoms with Gasteiger partial charge in [0.1, 0.15) is 16.4 Å². The third-order valence-corrected chi connectivity index (χ3v) is 6.62. The summed E-state index contributed by atoms with van der Waals surface area (Å²) in [6.45, 7) is 8.66. The highest BCUT2D eigenvalue weighted by Crippen LogP contribution is 2.25. The maximum atomic E-state index is 12.4. The van der Waals surface area contributed by atoms with E-state index in [4.69, 9.17) is 16.6 Å². The van der Waals surface area contributed by atoms with Gasteiger partial charge in [0.15, 0.2) is 5.11 Å². The molecule has 0 unspecified atom stereocenters. The number of thiocarbonyl (C=S) groups is 1. The lowest BCUT2D eigenvalue weighted by molar-refractivity contribution is 0.171. The summed E-state index contributed by atoms with van der Waals surface area (Å²) in [7, 11) is 0. The summed E-state index contributed by atoms with van der Waals surface area (Å²) in [5, 5.41) is 4.71. The molecular weight excluding hydrogens is 394 g/mol. The first-order chi connectivity index (χ1) is 13.5. The number of hydrogen-bond donors (Lipinski definition) is 2. The average Bonchev–Trinajstić information content (AvgIpc) is 3.29. The first-order valence-electron chi connectivity index (χ1n) is 9.27. The molecule has 0 spiro atoms. The Balaban J connectivity index is 1.33. The van der Waals surface area contributed by atoms with E-state index < -0.39 is 0 Å². The molecule has 0 saturated carbocycles. The molecule has 2 N–H and O–H groups in total. The highest BCUT2D eigenvalue weighted by atomic mass is 32.1. The van der Waals surface area contributed by atoms with Gasteiger partial charge in [0.05, 0.1) is 24.7 Å². The van der Waals surface area contributed by atoms with Gasteiger partial charge in [-0.15, -0.1) is 11.3 Å². The van der Waals surface area contributed by atoms with Crippen LogP contribution in [-0.2, 0) is 13.1 Å². The average molecular weight is 418 g/mol. The largest absolute Gasteiger partial charge is 0.467 e. The molecule has 148 valence electrons. The molecule has 0 bridgehead atoms. The van der Waals surface area contributed by atoms with Crippen molar-refractivity contribution >= 4 is 38.9 Å². The Kier molecular flexibility index (Phi) is 5.47. The van der Waals surface area contributed by atoms with Crippen LogP contribution in [-0.4, -0.2) is 51.1 Å². The molecule has 1 aliphatic heterocycles. The second-order valence-corrected chi connectivity index (χ2v) is 8.57. The van der Waals surface area contributed by atoms with Crippen LogP contribution in [0.25, 0.3) is 10.2 Å². The zero-order chi connectivity index (χ0) is 19.7. The number of hydrogen-bond acceptors (Lipinski definition) is 6. The van der Waals surface area contributed by atoms with Crippen molar-refractivity contribution in [2.75, 3.05) is 26.2 Å². The number of H-pyrrole nitrogens is 1. The second-order valence-electron chi connectivity index (χ2n) is 6.98. The third kappa shape index (κ3) is 3.96. The summed E-state index contributed by atoms with van der Waals surface area (Å²) in [6.07, 6.45) is 1.66. The van der Waals surface area contributed by atoms with E-state index in [-0.39, 0.29) is 5.56 Å². The minimum Gasteiger partial charge on any atom is -0.467 e. The van der Waals surface area contributed by atoms with Crippen molar-refractivity contribution in [2.24, 2.45) is 0 Å². The van der Waals surface area contributed by atoms with Crippen LogP contribution in [0.3, 0.4) is 0 Å². The van der Waals surface area contributed by atoms with Crippen LogP contribution in [0, 0.1) is 13.8 Å². The molecular formula is C19H23N5O2S2. The zero-order valence-electron chi connectivity index (χ0n) is 15.9. The maximum absolute atomic E-state index is 12.4. The van der Waals surface area contributed by atoms with Gasteiger partial charge in [-0.25, -0.2) is 4.98 Å². The monoisotopic (exact) mass is 417 g/mol. The number of rotatable bonds is 4. The maximum Gasteiger partial charge on any atom is 0.259 e. The molecule has 0 radical (unpaired) electrons. The summed E-state index contributed by atoms with van der Waals surface area (Å²) < 4.78 is 5.32. The van der Waals surface area contributed by atoms with Crippen LogP contribution in [0.4, 0.5) is 0 Å². The predicted octanol–water partition coefficient (Wildman–Crippen LogP) is 2.39. The van der Waals surface area contributed by atoms with E-state index in [1.807, 2.05) is 26.0 Å². The first-order valence-corrected chi connectivity index (χ1v) is 10.5. The molecule has 3 aromatic rings. The summed E-state index contributed by atoms with van der Waals surface area (Å²) in [5.74, 6) is 1.59. The Hall–Kier alpha value is -2.23. The molecule has 0 aliphatic carbocycles. The van der Waals surface area contributed by atoms with Gasteiger partial charge in [-0.3, -0.25) is 9.69 Å². The Bertz CT molecular complexity index is 1030. The van der Waals surface area contributed by atoms with Crippen LogP contribution >= 0.6 is 23.6 Å².